The summed E-state index contributed by atoms with van der Waals surface area (Å²) in [6.07, 6.45) is 0. The number of amides is 2. The molecule has 3 N–H and O–H groups in total. The Kier molecular flexibility index (Phi) is 12.5. The summed E-state index contributed by atoms with van der Waals surface area (Å²) >= 11 is -2.72. The van der Waals surface area contributed by atoms with E-state index >= 15 is 0 Å². The molecule has 1 saturated heterocycles. The highest BCUT2D eigenvalue weighted by molar-refractivity contribution is 7.76. The van der Waals surface area contributed by atoms with E-state index in [4.69, 9.17) is 4.74 Å². The van der Waals surface area contributed by atoms with Gasteiger partial charge in [-0.2, -0.15) is 4.41 Å². The van der Waals surface area contributed by atoms with Crippen molar-refractivity contribution in [3.05, 3.63) is 95.1 Å². The molecule has 4 rings (SSSR count). The number of carbonyl (C=O) groups excluding carboxylic acids is 2. The number of carboxylic acid groups (broad SMARTS) is 1. The van der Waals surface area contributed by atoms with Gasteiger partial charge in [-0.1, -0.05) is 56.0 Å². The number of hydrogen-bond donors (Lipinski definition) is 3. The molecule has 12 nitrogen and oxygen atoms in total. The lowest BCUT2D eigenvalue weighted by Crippen LogP contribution is -2.60. The van der Waals surface area contributed by atoms with Gasteiger partial charge in [0.2, 0.25) is 0 Å². The third-order valence-corrected chi connectivity index (χ3v) is 8.31. The molecule has 2 unspecified atom stereocenters. The summed E-state index contributed by atoms with van der Waals surface area (Å²) in [7, 11) is 1.50. The van der Waals surface area contributed by atoms with Crippen LogP contribution in [0.25, 0.3) is 0 Å². The monoisotopic (exact) mass is 660 g/mol. The van der Waals surface area contributed by atoms with E-state index in [1.807, 2.05) is 54.6 Å². The number of anilines is 1. The number of hydrogen-bond acceptors (Lipinski definition) is 8. The number of rotatable bonds is 12. The number of carboxylic acids is 1. The van der Waals surface area contributed by atoms with Crippen molar-refractivity contribution in [3.8, 4) is 17.6 Å². The van der Waals surface area contributed by atoms with Gasteiger partial charge in [-0.05, 0) is 53.9 Å². The van der Waals surface area contributed by atoms with Crippen LogP contribution in [-0.2, 0) is 27.4 Å². The molecule has 1 fully saturated rings. The van der Waals surface area contributed by atoms with Crippen LogP contribution >= 0.6 is 0 Å². The van der Waals surface area contributed by atoms with Crippen molar-refractivity contribution >= 4 is 34.7 Å². The van der Waals surface area contributed by atoms with Crippen LogP contribution in [0.1, 0.15) is 40.9 Å². The predicted molar refractivity (Wildman–Crippen MR) is 177 cm³/mol. The van der Waals surface area contributed by atoms with Crippen LogP contribution in [0.2, 0.25) is 0 Å². The number of piperazine rings is 1. The van der Waals surface area contributed by atoms with Crippen molar-refractivity contribution in [1.29, 1.82) is 0 Å². The molecule has 0 spiro atoms. The van der Waals surface area contributed by atoms with Gasteiger partial charge in [0.1, 0.15) is 11.8 Å². The number of ether oxygens (including phenoxy) is 1. The van der Waals surface area contributed by atoms with Crippen LogP contribution in [0.15, 0.2) is 72.8 Å². The molecule has 13 heteroatoms. The molecule has 3 aromatic carbocycles. The largest absolute Gasteiger partial charge is 0.759 e. The SMILES string of the molecule is CNC(=O)COc1ccc(C#Cc2ccc(N3CCN(N(C(C(=O)O)C(C)C)S(=O)[O-])CC3)cc2)cc1C(=O)NCc1ccccc1. The molecule has 1 heterocycles. The van der Waals surface area contributed by atoms with Crippen molar-refractivity contribution in [2.75, 3.05) is 44.7 Å². The van der Waals surface area contributed by atoms with Crippen LogP contribution in [0, 0.1) is 17.8 Å². The number of benzene rings is 3. The molecular formula is C34H38N5O7S-. The van der Waals surface area contributed by atoms with Gasteiger partial charge in [-0.25, -0.2) is 5.01 Å². The first kappa shape index (κ1) is 35.1. The van der Waals surface area contributed by atoms with Gasteiger partial charge in [-0.3, -0.25) is 18.6 Å². The molecule has 3 aromatic rings. The minimum Gasteiger partial charge on any atom is -0.759 e. The maximum absolute atomic E-state index is 13.1. The lowest BCUT2D eigenvalue weighted by Gasteiger charge is -2.45. The third kappa shape index (κ3) is 9.63. The van der Waals surface area contributed by atoms with E-state index in [0.29, 0.717) is 38.3 Å². The van der Waals surface area contributed by atoms with Crippen LogP contribution in [0.3, 0.4) is 0 Å². The minimum absolute atomic E-state index is 0.237. The van der Waals surface area contributed by atoms with E-state index < -0.39 is 29.2 Å². The van der Waals surface area contributed by atoms with Gasteiger partial charge in [0.15, 0.2) is 6.61 Å². The van der Waals surface area contributed by atoms with Crippen LogP contribution in [-0.4, -0.2) is 87.0 Å². The molecule has 248 valence electrons. The highest BCUT2D eigenvalue weighted by Gasteiger charge is 2.35. The topological polar surface area (TPSA) is 155 Å². The molecule has 0 radical (unpaired) electrons. The van der Waals surface area contributed by atoms with Gasteiger partial charge in [-0.15, -0.1) is 0 Å². The van der Waals surface area contributed by atoms with E-state index in [1.165, 1.54) is 7.05 Å². The van der Waals surface area contributed by atoms with Crippen molar-refractivity contribution < 1.29 is 33.0 Å². The molecule has 1 aliphatic heterocycles. The molecule has 0 bridgehead atoms. The first-order valence-corrected chi connectivity index (χ1v) is 16.1. The number of nitrogens with zero attached hydrogens (tertiary/aromatic N) is 3. The second-order valence-electron chi connectivity index (χ2n) is 11.1. The van der Waals surface area contributed by atoms with E-state index in [9.17, 15) is 28.3 Å². The van der Waals surface area contributed by atoms with Gasteiger partial charge in [0.05, 0.1) is 5.56 Å². The van der Waals surface area contributed by atoms with Gasteiger partial charge in [0.25, 0.3) is 11.8 Å². The lowest BCUT2D eigenvalue weighted by molar-refractivity contribution is -0.149. The fourth-order valence-corrected chi connectivity index (χ4v) is 5.92. The molecule has 0 aromatic heterocycles. The van der Waals surface area contributed by atoms with Gasteiger partial charge >= 0.3 is 5.97 Å². The first-order valence-electron chi connectivity index (χ1n) is 15.1. The average molecular weight is 661 g/mol. The van der Waals surface area contributed by atoms with E-state index in [2.05, 4.69) is 27.4 Å². The van der Waals surface area contributed by atoms with Gasteiger partial charge in [0, 0.05) is 67.9 Å². The number of likely N-dealkylation sites (N-methyl/N-ethyl adjacent to an activating group) is 1. The van der Waals surface area contributed by atoms with Crippen molar-refractivity contribution in [3.63, 3.8) is 0 Å². The predicted octanol–water partition coefficient (Wildman–Crippen LogP) is 2.38. The Balaban J connectivity index is 1.44. The number of aliphatic carboxylic acids is 1. The summed E-state index contributed by atoms with van der Waals surface area (Å²) in [6.45, 7) is 5.15. The summed E-state index contributed by atoms with van der Waals surface area (Å²) in [5.74, 6) is 4.20. The summed E-state index contributed by atoms with van der Waals surface area (Å²) in [5.41, 5.74) is 3.46. The van der Waals surface area contributed by atoms with Crippen LogP contribution < -0.4 is 20.3 Å². The Hall–Kier alpha value is -4.74. The van der Waals surface area contributed by atoms with Crippen molar-refractivity contribution in [2.24, 2.45) is 5.92 Å². The number of nitrogens with one attached hydrogen (secondary N) is 2. The Morgan fingerprint density at radius 2 is 1.62 bits per heavy atom. The first-order chi connectivity index (χ1) is 22.6. The van der Waals surface area contributed by atoms with E-state index in [1.54, 1.807) is 37.1 Å². The molecule has 2 amide bonds. The zero-order valence-electron chi connectivity index (χ0n) is 26.5. The van der Waals surface area contributed by atoms with E-state index in [-0.39, 0.29) is 29.7 Å². The summed E-state index contributed by atoms with van der Waals surface area (Å²) in [4.78, 5) is 38.8. The fourth-order valence-electron chi connectivity index (χ4n) is 5.05. The second-order valence-corrected chi connectivity index (χ2v) is 11.9. The Bertz CT molecular complexity index is 1630. The highest BCUT2D eigenvalue weighted by atomic mass is 32.2. The van der Waals surface area contributed by atoms with Crippen LogP contribution in [0.5, 0.6) is 5.75 Å². The summed E-state index contributed by atoms with van der Waals surface area (Å²) < 4.78 is 30.5. The Morgan fingerprint density at radius 3 is 2.21 bits per heavy atom. The highest BCUT2D eigenvalue weighted by Crippen LogP contribution is 2.23. The smallest absolute Gasteiger partial charge is 0.323 e. The minimum atomic E-state index is -2.72. The van der Waals surface area contributed by atoms with Crippen molar-refractivity contribution in [2.45, 2.75) is 26.4 Å². The fraction of sp³-hybridized carbons (Fsp3) is 0.324. The number of carbonyl (C=O) groups is 3. The molecule has 1 aliphatic rings. The Labute approximate surface area is 277 Å². The van der Waals surface area contributed by atoms with Crippen molar-refractivity contribution in [1.82, 2.24) is 20.1 Å². The van der Waals surface area contributed by atoms with E-state index in [0.717, 1.165) is 21.2 Å². The molecule has 47 heavy (non-hydrogen) atoms. The molecule has 0 aliphatic carbocycles. The Morgan fingerprint density at radius 1 is 0.979 bits per heavy atom. The molecular weight excluding hydrogens is 622 g/mol. The maximum atomic E-state index is 13.1. The lowest BCUT2D eigenvalue weighted by atomic mass is 10.1. The zero-order chi connectivity index (χ0) is 33.9. The average Bonchev–Trinajstić information content (AvgIpc) is 3.08. The summed E-state index contributed by atoms with van der Waals surface area (Å²) in [6, 6.07) is 20.9. The van der Waals surface area contributed by atoms with Crippen LogP contribution in [0.4, 0.5) is 5.69 Å². The molecule has 2 atom stereocenters. The standard InChI is InChI=1S/C34H39N5O7S/c1-24(2)32(34(42)43)39(47(44)45)38-19-17-37(18-20-38)28-14-11-25(12-15-28)9-10-26-13-16-30(46-23-31(40)35-3)29(21-26)33(41)36-22-27-7-5-4-6-8-27/h4-8,11-16,21,24,32H,17-20,22-23H2,1-3H3,(H,35,40)(H,36,41)(H,42,43)(H,44,45)/p-1. The quantitative estimate of drug-likeness (QED) is 0.196. The van der Waals surface area contributed by atoms with Gasteiger partial charge < -0.3 is 29.9 Å². The third-order valence-electron chi connectivity index (χ3n) is 7.55. The summed E-state index contributed by atoms with van der Waals surface area (Å²) in [5, 5.41) is 16.6. The zero-order valence-corrected chi connectivity index (χ0v) is 27.3. The normalized spacial score (nSPS) is 14.6. The molecule has 0 saturated carbocycles. The maximum Gasteiger partial charge on any atom is 0.323 e. The second kappa shape index (κ2) is 16.7. The number of hydrazine groups is 1.